The summed E-state index contributed by atoms with van der Waals surface area (Å²) in [5.41, 5.74) is 7.27. The predicted molar refractivity (Wildman–Crippen MR) is 84.6 cm³/mol. The lowest BCUT2D eigenvalue weighted by atomic mass is 9.54. The van der Waals surface area contributed by atoms with Crippen molar-refractivity contribution in [3.05, 3.63) is 33.8 Å². The van der Waals surface area contributed by atoms with Crippen LogP contribution < -0.4 is 5.73 Å². The summed E-state index contributed by atoms with van der Waals surface area (Å²) in [6.07, 6.45) is 0.681. The largest absolute Gasteiger partial charge is 0.392 e. The van der Waals surface area contributed by atoms with Crippen molar-refractivity contribution in [1.29, 1.82) is 0 Å². The van der Waals surface area contributed by atoms with Crippen LogP contribution in [-0.4, -0.2) is 34.1 Å². The van der Waals surface area contributed by atoms with Crippen LogP contribution in [0.25, 0.3) is 0 Å². The number of hydrogen-bond acceptors (Lipinski definition) is 3. The maximum Gasteiger partial charge on any atom is 0.243 e. The van der Waals surface area contributed by atoms with E-state index in [1.165, 1.54) is 11.1 Å². The smallest absolute Gasteiger partial charge is 0.243 e. The van der Waals surface area contributed by atoms with Crippen molar-refractivity contribution < 1.29 is 9.90 Å². The topological polar surface area (TPSA) is 66.6 Å². The van der Waals surface area contributed by atoms with Crippen LogP contribution in [-0.2, 0) is 17.8 Å². The van der Waals surface area contributed by atoms with Gasteiger partial charge < -0.3 is 15.7 Å². The van der Waals surface area contributed by atoms with E-state index >= 15 is 0 Å². The summed E-state index contributed by atoms with van der Waals surface area (Å²) in [6, 6.07) is 6.09. The average Bonchev–Trinajstić information content (AvgIpc) is 2.46. The fourth-order valence-electron chi connectivity index (χ4n) is 3.37. The van der Waals surface area contributed by atoms with Crippen LogP contribution >= 0.6 is 15.9 Å². The van der Waals surface area contributed by atoms with Crippen LogP contribution in [0.2, 0.25) is 0 Å². The molecule has 3 N–H and O–H groups in total. The van der Waals surface area contributed by atoms with Gasteiger partial charge in [0.15, 0.2) is 0 Å². The lowest BCUT2D eigenvalue weighted by Gasteiger charge is -2.57. The Bertz CT molecular complexity index is 602. The van der Waals surface area contributed by atoms with Gasteiger partial charge in [0.05, 0.1) is 6.10 Å². The Hall–Kier alpha value is -0.910. The normalized spacial score (nSPS) is 30.5. The molecule has 1 heterocycles. The SMILES string of the molecule is CC1(C)[C@@H](O)C[C@]1(N)C(=O)N1CCc2c(Br)cccc2C1. The highest BCUT2D eigenvalue weighted by Gasteiger charge is 2.62. The van der Waals surface area contributed by atoms with Gasteiger partial charge in [-0.2, -0.15) is 0 Å². The van der Waals surface area contributed by atoms with Gasteiger partial charge in [-0.15, -0.1) is 0 Å². The second kappa shape index (κ2) is 4.80. The van der Waals surface area contributed by atoms with Crippen LogP contribution in [0.5, 0.6) is 0 Å². The predicted octanol–water partition coefficient (Wildman–Crippen LogP) is 1.82. The third-order valence-corrected chi connectivity index (χ3v) is 6.12. The quantitative estimate of drug-likeness (QED) is 0.810. The second-order valence-electron chi connectivity index (χ2n) is 6.77. The summed E-state index contributed by atoms with van der Waals surface area (Å²) in [4.78, 5) is 14.7. The Balaban J connectivity index is 1.83. The number of benzene rings is 1. The maximum atomic E-state index is 12.8. The molecule has 5 heteroatoms. The first-order valence-electron chi connectivity index (χ1n) is 7.30. The Kier molecular flexibility index (Phi) is 3.43. The van der Waals surface area contributed by atoms with Crippen LogP contribution in [0.1, 0.15) is 31.4 Å². The molecule has 0 unspecified atom stereocenters. The van der Waals surface area contributed by atoms with E-state index in [1.54, 1.807) is 0 Å². The van der Waals surface area contributed by atoms with Crippen molar-refractivity contribution in [3.8, 4) is 0 Å². The fraction of sp³-hybridized carbons (Fsp3) is 0.562. The number of fused-ring (bicyclic) bond motifs is 1. The van der Waals surface area contributed by atoms with Gasteiger partial charge in [-0.1, -0.05) is 41.9 Å². The Morgan fingerprint density at radius 2 is 2.19 bits per heavy atom. The number of carbonyl (C=O) groups excluding carboxylic acids is 1. The van der Waals surface area contributed by atoms with Gasteiger partial charge in [-0.05, 0) is 23.6 Å². The van der Waals surface area contributed by atoms with E-state index in [-0.39, 0.29) is 5.91 Å². The molecule has 1 aliphatic heterocycles. The maximum absolute atomic E-state index is 12.8. The molecule has 0 radical (unpaired) electrons. The number of nitrogens with zero attached hydrogens (tertiary/aromatic N) is 1. The van der Waals surface area contributed by atoms with E-state index in [1.807, 2.05) is 30.9 Å². The van der Waals surface area contributed by atoms with Crippen molar-refractivity contribution >= 4 is 21.8 Å². The van der Waals surface area contributed by atoms with Crippen molar-refractivity contribution in [3.63, 3.8) is 0 Å². The molecule has 3 rings (SSSR count). The van der Waals surface area contributed by atoms with Crippen LogP contribution in [0.15, 0.2) is 22.7 Å². The number of carbonyl (C=O) groups is 1. The van der Waals surface area contributed by atoms with Gasteiger partial charge >= 0.3 is 0 Å². The zero-order chi connectivity index (χ0) is 15.4. The molecule has 0 bridgehead atoms. The standard InChI is InChI=1S/C16H21BrN2O2/c1-15(2)13(20)8-16(15,18)14(21)19-7-6-11-10(9-19)4-3-5-12(11)17/h3-5,13,20H,6-9,18H2,1-2H3/t13-,16-/m0/s1. The summed E-state index contributed by atoms with van der Waals surface area (Å²) in [5.74, 6) is -0.0385. The molecule has 4 nitrogen and oxygen atoms in total. The van der Waals surface area contributed by atoms with Crippen LogP contribution in [0, 0.1) is 5.41 Å². The minimum atomic E-state index is -0.948. The van der Waals surface area contributed by atoms with E-state index in [4.69, 9.17) is 5.73 Å². The Labute approximate surface area is 133 Å². The molecule has 0 saturated heterocycles. The fourth-order valence-corrected chi connectivity index (χ4v) is 3.98. The third-order valence-electron chi connectivity index (χ3n) is 5.38. The first-order chi connectivity index (χ1) is 9.77. The third kappa shape index (κ3) is 2.05. The van der Waals surface area contributed by atoms with E-state index in [0.29, 0.717) is 19.5 Å². The van der Waals surface area contributed by atoms with Gasteiger partial charge in [0.25, 0.3) is 0 Å². The number of rotatable bonds is 1. The molecule has 2 atom stereocenters. The zero-order valence-electron chi connectivity index (χ0n) is 12.4. The van der Waals surface area contributed by atoms with Crippen molar-refractivity contribution in [1.82, 2.24) is 4.90 Å². The molecule has 1 aromatic rings. The molecular weight excluding hydrogens is 332 g/mol. The van der Waals surface area contributed by atoms with E-state index in [9.17, 15) is 9.90 Å². The lowest BCUT2D eigenvalue weighted by Crippen LogP contribution is -2.75. The number of aliphatic hydroxyl groups is 1. The molecule has 0 spiro atoms. The monoisotopic (exact) mass is 352 g/mol. The molecule has 1 amide bonds. The Morgan fingerprint density at radius 1 is 1.48 bits per heavy atom. The Morgan fingerprint density at radius 3 is 2.81 bits per heavy atom. The molecule has 1 aliphatic carbocycles. The van der Waals surface area contributed by atoms with Crippen molar-refractivity contribution in [2.75, 3.05) is 6.54 Å². The summed E-state index contributed by atoms with van der Waals surface area (Å²) in [6.45, 7) is 5.01. The number of nitrogens with two attached hydrogens (primary N) is 1. The number of amides is 1. The van der Waals surface area contributed by atoms with E-state index in [2.05, 4.69) is 22.0 Å². The van der Waals surface area contributed by atoms with E-state index in [0.717, 1.165) is 10.9 Å². The highest BCUT2D eigenvalue weighted by molar-refractivity contribution is 9.10. The minimum Gasteiger partial charge on any atom is -0.392 e. The number of aliphatic hydroxyl groups excluding tert-OH is 1. The average molecular weight is 353 g/mol. The van der Waals surface area contributed by atoms with Gasteiger partial charge in [0.1, 0.15) is 5.54 Å². The van der Waals surface area contributed by atoms with Crippen molar-refractivity contribution in [2.24, 2.45) is 11.1 Å². The molecule has 2 aliphatic rings. The second-order valence-corrected chi connectivity index (χ2v) is 7.62. The summed E-state index contributed by atoms with van der Waals surface area (Å²) in [5, 5.41) is 9.90. The van der Waals surface area contributed by atoms with Crippen LogP contribution in [0.4, 0.5) is 0 Å². The molecule has 1 aromatic carbocycles. The van der Waals surface area contributed by atoms with Gasteiger partial charge in [-0.25, -0.2) is 0 Å². The number of hydrogen-bond donors (Lipinski definition) is 2. The van der Waals surface area contributed by atoms with Crippen LogP contribution in [0.3, 0.4) is 0 Å². The lowest BCUT2D eigenvalue weighted by molar-refractivity contribution is -0.169. The van der Waals surface area contributed by atoms with Gasteiger partial charge in [-0.3, -0.25) is 4.79 Å². The van der Waals surface area contributed by atoms with Crippen molar-refractivity contribution in [2.45, 2.75) is 44.9 Å². The van der Waals surface area contributed by atoms with E-state index < -0.39 is 17.1 Å². The molecule has 114 valence electrons. The highest BCUT2D eigenvalue weighted by Crippen LogP contribution is 2.49. The summed E-state index contributed by atoms with van der Waals surface area (Å²) < 4.78 is 1.11. The molecule has 21 heavy (non-hydrogen) atoms. The molecule has 1 saturated carbocycles. The highest BCUT2D eigenvalue weighted by atomic mass is 79.9. The number of halogens is 1. The minimum absolute atomic E-state index is 0.0385. The molecule has 1 fully saturated rings. The first-order valence-corrected chi connectivity index (χ1v) is 8.09. The zero-order valence-corrected chi connectivity index (χ0v) is 14.0. The summed E-state index contributed by atoms with van der Waals surface area (Å²) in [7, 11) is 0. The molecule has 0 aromatic heterocycles. The molecular formula is C16H21BrN2O2. The van der Waals surface area contributed by atoms with Gasteiger partial charge in [0.2, 0.25) is 5.91 Å². The summed E-state index contributed by atoms with van der Waals surface area (Å²) >= 11 is 3.57. The van der Waals surface area contributed by atoms with Gasteiger partial charge in [0, 0.05) is 29.4 Å². The first kappa shape index (κ1) is 15.0.